The van der Waals surface area contributed by atoms with Gasteiger partial charge in [0.25, 0.3) is 0 Å². The summed E-state index contributed by atoms with van der Waals surface area (Å²) in [7, 11) is 0. The molecular formula is C15H30N2O. The summed E-state index contributed by atoms with van der Waals surface area (Å²) in [6.07, 6.45) is 7.27. The van der Waals surface area contributed by atoms with Crippen molar-refractivity contribution in [2.75, 3.05) is 32.8 Å². The van der Waals surface area contributed by atoms with E-state index in [2.05, 4.69) is 24.1 Å². The van der Waals surface area contributed by atoms with Crippen LogP contribution in [0.2, 0.25) is 0 Å². The predicted octanol–water partition coefficient (Wildman–Crippen LogP) is 2.27. The Morgan fingerprint density at radius 2 is 2.00 bits per heavy atom. The molecule has 1 N–H and O–H groups in total. The number of nitrogens with one attached hydrogen (secondary N) is 1. The van der Waals surface area contributed by atoms with Gasteiger partial charge >= 0.3 is 0 Å². The lowest BCUT2D eigenvalue weighted by Gasteiger charge is -2.38. The summed E-state index contributed by atoms with van der Waals surface area (Å²) in [4.78, 5) is 2.62. The van der Waals surface area contributed by atoms with Gasteiger partial charge in [0.15, 0.2) is 0 Å². The quantitative estimate of drug-likeness (QED) is 0.814. The third kappa shape index (κ3) is 4.22. The Hall–Kier alpha value is -0.120. The number of nitrogens with zero attached hydrogens (tertiary/aromatic N) is 1. The normalized spacial score (nSPS) is 27.8. The Morgan fingerprint density at radius 1 is 1.22 bits per heavy atom. The minimum atomic E-state index is 0.555. The van der Waals surface area contributed by atoms with E-state index in [9.17, 15) is 0 Å². The minimum Gasteiger partial charge on any atom is -0.377 e. The van der Waals surface area contributed by atoms with Gasteiger partial charge in [0, 0.05) is 32.2 Å². The molecule has 3 nitrogen and oxygen atoms in total. The minimum absolute atomic E-state index is 0.555. The third-order valence-corrected chi connectivity index (χ3v) is 4.45. The summed E-state index contributed by atoms with van der Waals surface area (Å²) in [5, 5.41) is 3.50. The zero-order chi connectivity index (χ0) is 12.8. The highest BCUT2D eigenvalue weighted by Gasteiger charge is 2.24. The summed E-state index contributed by atoms with van der Waals surface area (Å²) in [6.45, 7) is 10.1. The molecule has 0 aromatic rings. The summed E-state index contributed by atoms with van der Waals surface area (Å²) in [5.74, 6) is 0.729. The van der Waals surface area contributed by atoms with Crippen molar-refractivity contribution in [2.45, 2.75) is 58.1 Å². The number of piperazine rings is 1. The van der Waals surface area contributed by atoms with E-state index in [0.29, 0.717) is 12.1 Å². The molecule has 2 rings (SSSR count). The molecule has 1 heterocycles. The zero-order valence-electron chi connectivity index (χ0n) is 12.2. The molecule has 1 unspecified atom stereocenters. The van der Waals surface area contributed by atoms with E-state index in [0.717, 1.165) is 32.2 Å². The van der Waals surface area contributed by atoms with Crippen LogP contribution in [0.5, 0.6) is 0 Å². The van der Waals surface area contributed by atoms with Crippen molar-refractivity contribution in [3.8, 4) is 0 Å². The topological polar surface area (TPSA) is 24.5 Å². The first-order valence-corrected chi connectivity index (χ1v) is 7.83. The molecular weight excluding hydrogens is 224 g/mol. The molecule has 0 amide bonds. The Kier molecular flexibility index (Phi) is 5.93. The summed E-state index contributed by atoms with van der Waals surface area (Å²) >= 11 is 0. The number of hydrogen-bond donors (Lipinski definition) is 1. The highest BCUT2D eigenvalue weighted by molar-refractivity contribution is 4.82. The molecule has 106 valence electrons. The van der Waals surface area contributed by atoms with Gasteiger partial charge < -0.3 is 10.1 Å². The van der Waals surface area contributed by atoms with Crippen LogP contribution >= 0.6 is 0 Å². The van der Waals surface area contributed by atoms with Crippen LogP contribution in [0.1, 0.15) is 46.0 Å². The maximum atomic E-state index is 6.05. The van der Waals surface area contributed by atoms with E-state index in [1.807, 2.05) is 0 Å². The first-order valence-electron chi connectivity index (χ1n) is 7.83. The zero-order valence-corrected chi connectivity index (χ0v) is 12.2. The fourth-order valence-electron chi connectivity index (χ4n) is 3.27. The van der Waals surface area contributed by atoms with Crippen LogP contribution < -0.4 is 5.32 Å². The molecule has 18 heavy (non-hydrogen) atoms. The lowest BCUT2D eigenvalue weighted by atomic mass is 9.98. The van der Waals surface area contributed by atoms with Gasteiger partial charge in [-0.25, -0.2) is 0 Å². The van der Waals surface area contributed by atoms with E-state index in [1.165, 1.54) is 38.6 Å². The molecule has 0 aromatic heterocycles. The van der Waals surface area contributed by atoms with Crippen LogP contribution in [0, 0.1) is 5.92 Å². The molecule has 1 atom stereocenters. The molecule has 1 aliphatic heterocycles. The number of ether oxygens (including phenoxy) is 1. The van der Waals surface area contributed by atoms with E-state index >= 15 is 0 Å². The second kappa shape index (κ2) is 7.46. The van der Waals surface area contributed by atoms with E-state index < -0.39 is 0 Å². The SMILES string of the molecule is CC(C)C1CNCCN1CCOC1CCCCC1. The molecule has 0 spiro atoms. The van der Waals surface area contributed by atoms with Crippen LogP contribution in [0.25, 0.3) is 0 Å². The third-order valence-electron chi connectivity index (χ3n) is 4.45. The Morgan fingerprint density at radius 3 is 2.72 bits per heavy atom. The van der Waals surface area contributed by atoms with Gasteiger partial charge in [-0.05, 0) is 18.8 Å². The highest BCUT2D eigenvalue weighted by Crippen LogP contribution is 2.20. The molecule has 3 heteroatoms. The lowest BCUT2D eigenvalue weighted by Crippen LogP contribution is -2.54. The molecule has 1 aliphatic carbocycles. The van der Waals surface area contributed by atoms with E-state index in [1.54, 1.807) is 0 Å². The van der Waals surface area contributed by atoms with Crippen molar-refractivity contribution in [2.24, 2.45) is 5.92 Å². The van der Waals surface area contributed by atoms with Gasteiger partial charge in [0.1, 0.15) is 0 Å². The lowest BCUT2D eigenvalue weighted by molar-refractivity contribution is 0.00305. The molecule has 2 fully saturated rings. The van der Waals surface area contributed by atoms with Crippen molar-refractivity contribution >= 4 is 0 Å². The van der Waals surface area contributed by atoms with Crippen molar-refractivity contribution in [3.63, 3.8) is 0 Å². The molecule has 0 bridgehead atoms. The van der Waals surface area contributed by atoms with Gasteiger partial charge in [-0.3, -0.25) is 4.90 Å². The monoisotopic (exact) mass is 254 g/mol. The van der Waals surface area contributed by atoms with Gasteiger partial charge in [0.2, 0.25) is 0 Å². The van der Waals surface area contributed by atoms with Crippen molar-refractivity contribution in [3.05, 3.63) is 0 Å². The van der Waals surface area contributed by atoms with Gasteiger partial charge in [-0.1, -0.05) is 33.1 Å². The second-order valence-corrected chi connectivity index (χ2v) is 6.18. The molecule has 0 aromatic carbocycles. The van der Waals surface area contributed by atoms with Crippen LogP contribution in [0.3, 0.4) is 0 Å². The Labute approximate surface area is 112 Å². The molecule has 1 saturated carbocycles. The average Bonchev–Trinajstić information content (AvgIpc) is 2.40. The maximum Gasteiger partial charge on any atom is 0.0597 e. The smallest absolute Gasteiger partial charge is 0.0597 e. The van der Waals surface area contributed by atoms with Crippen LogP contribution in [0.4, 0.5) is 0 Å². The first kappa shape index (κ1) is 14.3. The van der Waals surface area contributed by atoms with Crippen molar-refractivity contribution in [1.29, 1.82) is 0 Å². The van der Waals surface area contributed by atoms with E-state index in [4.69, 9.17) is 4.74 Å². The van der Waals surface area contributed by atoms with E-state index in [-0.39, 0.29) is 0 Å². The standard InChI is InChI=1S/C15H30N2O/c1-13(2)15-12-16-8-9-17(15)10-11-18-14-6-4-3-5-7-14/h13-16H,3-12H2,1-2H3. The Balaban J connectivity index is 1.67. The van der Waals surface area contributed by atoms with Crippen molar-refractivity contribution in [1.82, 2.24) is 10.2 Å². The second-order valence-electron chi connectivity index (χ2n) is 6.18. The molecule has 1 saturated heterocycles. The van der Waals surface area contributed by atoms with Crippen LogP contribution in [-0.2, 0) is 4.74 Å². The molecule has 0 radical (unpaired) electrons. The van der Waals surface area contributed by atoms with Gasteiger partial charge in [0.05, 0.1) is 12.7 Å². The summed E-state index contributed by atoms with van der Waals surface area (Å²) in [5.41, 5.74) is 0. The van der Waals surface area contributed by atoms with Gasteiger partial charge in [-0.2, -0.15) is 0 Å². The van der Waals surface area contributed by atoms with Gasteiger partial charge in [-0.15, -0.1) is 0 Å². The van der Waals surface area contributed by atoms with Crippen LogP contribution in [-0.4, -0.2) is 49.8 Å². The summed E-state index contributed by atoms with van der Waals surface area (Å²) < 4.78 is 6.05. The predicted molar refractivity (Wildman–Crippen MR) is 75.9 cm³/mol. The largest absolute Gasteiger partial charge is 0.377 e. The Bertz CT molecular complexity index is 227. The summed E-state index contributed by atoms with van der Waals surface area (Å²) in [6, 6.07) is 0.689. The number of rotatable bonds is 5. The van der Waals surface area contributed by atoms with Crippen LogP contribution in [0.15, 0.2) is 0 Å². The van der Waals surface area contributed by atoms with Crippen molar-refractivity contribution < 1.29 is 4.74 Å². The number of hydrogen-bond acceptors (Lipinski definition) is 3. The highest BCUT2D eigenvalue weighted by atomic mass is 16.5. The first-order chi connectivity index (χ1) is 8.77. The molecule has 2 aliphatic rings. The average molecular weight is 254 g/mol. The fraction of sp³-hybridized carbons (Fsp3) is 1.00. The maximum absolute atomic E-state index is 6.05. The fourth-order valence-corrected chi connectivity index (χ4v) is 3.27.